The molecular weight excluding hydrogens is 422 g/mol. The lowest BCUT2D eigenvalue weighted by molar-refractivity contribution is 0.400. The predicted octanol–water partition coefficient (Wildman–Crippen LogP) is 4.97. The van der Waals surface area contributed by atoms with E-state index in [0.717, 1.165) is 17.7 Å². The Morgan fingerprint density at radius 2 is 1.81 bits per heavy atom. The van der Waals surface area contributed by atoms with Gasteiger partial charge in [-0.3, -0.25) is 9.36 Å². The molecule has 1 aromatic heterocycles. The minimum absolute atomic E-state index is 0.0650. The fourth-order valence-electron chi connectivity index (χ4n) is 3.22. The highest BCUT2D eigenvalue weighted by atomic mass is 32.2. The largest absolute Gasteiger partial charge is 0.497 e. The summed E-state index contributed by atoms with van der Waals surface area (Å²) >= 11 is 1.24. The normalized spacial score (nSPS) is 11.0. The van der Waals surface area contributed by atoms with Crippen molar-refractivity contribution in [2.75, 3.05) is 14.2 Å². The molecule has 5 nitrogen and oxygen atoms in total. The number of ether oxygens (including phenoxy) is 2. The number of hydrogen-bond acceptors (Lipinski definition) is 5. The van der Waals surface area contributed by atoms with E-state index in [9.17, 15) is 13.6 Å². The summed E-state index contributed by atoms with van der Waals surface area (Å²) in [5.41, 5.74) is 0.813. The number of hydrogen-bond donors (Lipinski definition) is 0. The van der Waals surface area contributed by atoms with E-state index >= 15 is 0 Å². The SMILES string of the molecule is COc1ccc(OC)c(CSc2nc3ccccc3c(=O)n2-c2ccc(F)cc2F)c1. The molecule has 0 fully saturated rings. The lowest BCUT2D eigenvalue weighted by Crippen LogP contribution is -2.22. The summed E-state index contributed by atoms with van der Waals surface area (Å²) in [7, 11) is 3.13. The molecule has 0 radical (unpaired) electrons. The van der Waals surface area contributed by atoms with Crippen LogP contribution in [0.1, 0.15) is 5.56 Å². The molecule has 0 N–H and O–H groups in total. The molecule has 3 aromatic carbocycles. The number of halogens is 2. The van der Waals surface area contributed by atoms with Crippen molar-refractivity contribution >= 4 is 22.7 Å². The summed E-state index contributed by atoms with van der Waals surface area (Å²) in [5, 5.41) is 0.619. The lowest BCUT2D eigenvalue weighted by Gasteiger charge is -2.15. The maximum absolute atomic E-state index is 14.6. The van der Waals surface area contributed by atoms with Gasteiger partial charge >= 0.3 is 0 Å². The number of rotatable bonds is 6. The molecular formula is C23H18F2N2O3S. The Balaban J connectivity index is 1.85. The summed E-state index contributed by atoms with van der Waals surface area (Å²) in [6.07, 6.45) is 0. The first-order valence-electron chi connectivity index (χ1n) is 9.32. The van der Waals surface area contributed by atoms with Crippen LogP contribution in [0.2, 0.25) is 0 Å². The van der Waals surface area contributed by atoms with Gasteiger partial charge in [-0.2, -0.15) is 0 Å². The van der Waals surface area contributed by atoms with Gasteiger partial charge in [0.15, 0.2) is 5.16 Å². The van der Waals surface area contributed by atoms with Crippen LogP contribution in [0.3, 0.4) is 0 Å². The van der Waals surface area contributed by atoms with E-state index in [1.54, 1.807) is 50.6 Å². The average molecular weight is 440 g/mol. The summed E-state index contributed by atoms with van der Waals surface area (Å²) in [5.74, 6) is 0.118. The third-order valence-corrected chi connectivity index (χ3v) is 5.73. The average Bonchev–Trinajstić information content (AvgIpc) is 2.78. The molecule has 0 saturated carbocycles. The molecule has 0 amide bonds. The minimum atomic E-state index is -0.847. The summed E-state index contributed by atoms with van der Waals surface area (Å²) in [6, 6.07) is 15.3. The molecule has 4 aromatic rings. The van der Waals surface area contributed by atoms with Crippen LogP contribution in [-0.4, -0.2) is 23.8 Å². The highest BCUT2D eigenvalue weighted by molar-refractivity contribution is 7.98. The van der Waals surface area contributed by atoms with Crippen molar-refractivity contribution in [1.82, 2.24) is 9.55 Å². The number of nitrogens with zero attached hydrogens (tertiary/aromatic N) is 2. The maximum Gasteiger partial charge on any atom is 0.266 e. The van der Waals surface area contributed by atoms with Crippen molar-refractivity contribution in [3.8, 4) is 17.2 Å². The number of benzene rings is 3. The Hall–Kier alpha value is -3.39. The van der Waals surface area contributed by atoms with Gasteiger partial charge in [0.05, 0.1) is 30.8 Å². The molecule has 0 spiro atoms. The van der Waals surface area contributed by atoms with E-state index in [0.29, 0.717) is 28.2 Å². The highest BCUT2D eigenvalue weighted by Gasteiger charge is 2.17. The quantitative estimate of drug-likeness (QED) is 0.313. The van der Waals surface area contributed by atoms with Gasteiger partial charge in [0, 0.05) is 17.4 Å². The number of para-hydroxylation sites is 1. The number of thioether (sulfide) groups is 1. The Bertz CT molecular complexity index is 1320. The van der Waals surface area contributed by atoms with Crippen LogP contribution in [0.15, 0.2) is 70.6 Å². The molecule has 0 aliphatic carbocycles. The van der Waals surface area contributed by atoms with Crippen LogP contribution < -0.4 is 15.0 Å². The van der Waals surface area contributed by atoms with Crippen molar-refractivity contribution in [3.63, 3.8) is 0 Å². The number of aromatic nitrogens is 2. The number of methoxy groups -OCH3 is 2. The molecule has 0 bridgehead atoms. The molecule has 0 atom stereocenters. The Labute approximate surface area is 181 Å². The van der Waals surface area contributed by atoms with Crippen LogP contribution in [0.25, 0.3) is 16.6 Å². The van der Waals surface area contributed by atoms with Crippen molar-refractivity contribution in [2.24, 2.45) is 0 Å². The van der Waals surface area contributed by atoms with Crippen LogP contribution >= 0.6 is 11.8 Å². The first kappa shape index (κ1) is 20.9. The molecule has 0 saturated heterocycles. The zero-order valence-corrected chi connectivity index (χ0v) is 17.6. The molecule has 4 rings (SSSR count). The fraction of sp³-hybridized carbons (Fsp3) is 0.130. The van der Waals surface area contributed by atoms with E-state index < -0.39 is 17.2 Å². The molecule has 0 aliphatic rings. The van der Waals surface area contributed by atoms with Gasteiger partial charge in [-0.15, -0.1) is 0 Å². The second kappa shape index (κ2) is 8.77. The van der Waals surface area contributed by atoms with E-state index in [1.165, 1.54) is 22.4 Å². The monoisotopic (exact) mass is 440 g/mol. The van der Waals surface area contributed by atoms with Crippen LogP contribution in [-0.2, 0) is 5.75 Å². The first-order valence-corrected chi connectivity index (χ1v) is 10.3. The number of fused-ring (bicyclic) bond motifs is 1. The Morgan fingerprint density at radius 1 is 1.00 bits per heavy atom. The van der Waals surface area contributed by atoms with E-state index in [2.05, 4.69) is 4.98 Å². The van der Waals surface area contributed by atoms with Gasteiger partial charge in [0.2, 0.25) is 0 Å². The van der Waals surface area contributed by atoms with Gasteiger partial charge in [-0.25, -0.2) is 13.8 Å². The molecule has 0 unspecified atom stereocenters. The fourth-order valence-corrected chi connectivity index (χ4v) is 4.20. The van der Waals surface area contributed by atoms with Crippen LogP contribution in [0.5, 0.6) is 11.5 Å². The van der Waals surface area contributed by atoms with Crippen molar-refractivity contribution in [3.05, 3.63) is 88.2 Å². The van der Waals surface area contributed by atoms with Crippen molar-refractivity contribution in [1.29, 1.82) is 0 Å². The van der Waals surface area contributed by atoms with Gasteiger partial charge in [0.1, 0.15) is 23.1 Å². The van der Waals surface area contributed by atoms with Crippen LogP contribution in [0, 0.1) is 11.6 Å². The Kier molecular flexibility index (Phi) is 5.90. The van der Waals surface area contributed by atoms with Gasteiger partial charge in [-0.1, -0.05) is 23.9 Å². The smallest absolute Gasteiger partial charge is 0.266 e. The highest BCUT2D eigenvalue weighted by Crippen LogP contribution is 2.31. The summed E-state index contributed by atoms with van der Waals surface area (Å²) in [4.78, 5) is 17.8. The summed E-state index contributed by atoms with van der Waals surface area (Å²) in [6.45, 7) is 0. The maximum atomic E-state index is 14.6. The molecule has 1 heterocycles. The van der Waals surface area contributed by atoms with Crippen LogP contribution in [0.4, 0.5) is 8.78 Å². The van der Waals surface area contributed by atoms with Gasteiger partial charge in [-0.05, 0) is 42.5 Å². The molecule has 158 valence electrons. The standard InChI is InChI=1S/C23H18F2N2O3S/c1-29-16-8-10-21(30-2)14(11-16)13-31-23-26-19-6-4-3-5-17(19)22(28)27(23)20-9-7-15(24)12-18(20)25/h3-12H,13H2,1-2H3. The lowest BCUT2D eigenvalue weighted by atomic mass is 10.2. The first-order chi connectivity index (χ1) is 15.0. The van der Waals surface area contributed by atoms with E-state index in [-0.39, 0.29) is 10.8 Å². The molecule has 0 aliphatic heterocycles. The zero-order chi connectivity index (χ0) is 22.0. The molecule has 8 heteroatoms. The second-order valence-electron chi connectivity index (χ2n) is 6.61. The molecule has 31 heavy (non-hydrogen) atoms. The third kappa shape index (κ3) is 4.11. The Morgan fingerprint density at radius 3 is 2.55 bits per heavy atom. The third-order valence-electron chi connectivity index (χ3n) is 4.74. The topological polar surface area (TPSA) is 53.4 Å². The van der Waals surface area contributed by atoms with E-state index in [4.69, 9.17) is 9.47 Å². The van der Waals surface area contributed by atoms with Crippen molar-refractivity contribution in [2.45, 2.75) is 10.9 Å². The summed E-state index contributed by atoms with van der Waals surface area (Å²) < 4.78 is 39.9. The van der Waals surface area contributed by atoms with Crippen molar-refractivity contribution < 1.29 is 18.3 Å². The van der Waals surface area contributed by atoms with Gasteiger partial charge in [0.25, 0.3) is 5.56 Å². The minimum Gasteiger partial charge on any atom is -0.497 e. The predicted molar refractivity (Wildman–Crippen MR) is 116 cm³/mol. The zero-order valence-electron chi connectivity index (χ0n) is 16.8. The van der Waals surface area contributed by atoms with Gasteiger partial charge < -0.3 is 9.47 Å². The van der Waals surface area contributed by atoms with E-state index in [1.807, 2.05) is 6.07 Å². The second-order valence-corrected chi connectivity index (χ2v) is 7.56.